The van der Waals surface area contributed by atoms with Gasteiger partial charge in [-0.2, -0.15) is 22.0 Å². The van der Waals surface area contributed by atoms with Crippen LogP contribution in [0.1, 0.15) is 29.6 Å². The maximum absolute atomic E-state index is 14.7. The van der Waals surface area contributed by atoms with Crippen LogP contribution in [0.25, 0.3) is 11.3 Å². The molecule has 37 heavy (non-hydrogen) atoms. The number of alkyl halides is 5. The molecule has 0 aliphatic carbocycles. The Hall–Kier alpha value is -2.86. The summed E-state index contributed by atoms with van der Waals surface area (Å²) in [4.78, 5) is 19.3. The molecule has 0 radical (unpaired) electrons. The molecule has 1 atom stereocenters. The number of piperidine rings is 1. The summed E-state index contributed by atoms with van der Waals surface area (Å²) < 4.78 is 84.2. The number of halogens is 6. The van der Waals surface area contributed by atoms with Crippen LogP contribution in [-0.4, -0.2) is 83.3 Å². The first-order chi connectivity index (χ1) is 17.4. The molecule has 3 heterocycles. The number of carbonyl (C=O) groups is 1. The van der Waals surface area contributed by atoms with Crippen molar-refractivity contribution in [3.05, 3.63) is 47.9 Å². The highest BCUT2D eigenvalue weighted by Crippen LogP contribution is 2.36. The zero-order chi connectivity index (χ0) is 26.8. The average molecular weight is 531 g/mol. The van der Waals surface area contributed by atoms with Gasteiger partial charge in [-0.1, -0.05) is 0 Å². The molecule has 0 saturated carbocycles. The fraction of sp³-hybridized carbons (Fsp3) is 0.520. The zero-order valence-electron chi connectivity index (χ0n) is 19.9. The third kappa shape index (κ3) is 6.53. The molecular weight excluding hydrogens is 504 g/mol. The van der Waals surface area contributed by atoms with E-state index >= 15 is 0 Å². The fourth-order valence-electron chi connectivity index (χ4n) is 4.49. The van der Waals surface area contributed by atoms with Crippen LogP contribution in [0.3, 0.4) is 0 Å². The minimum atomic E-state index is -5.56. The molecule has 2 saturated heterocycles. The predicted octanol–water partition coefficient (Wildman–Crippen LogP) is 4.38. The van der Waals surface area contributed by atoms with Gasteiger partial charge in [0.25, 0.3) is 5.91 Å². The Balaban J connectivity index is 1.27. The summed E-state index contributed by atoms with van der Waals surface area (Å²) in [6.45, 7) is -0.221. The third-order valence-corrected chi connectivity index (χ3v) is 6.71. The Bertz CT molecular complexity index is 1090. The van der Waals surface area contributed by atoms with E-state index in [1.165, 1.54) is 23.2 Å². The zero-order valence-corrected chi connectivity index (χ0v) is 19.9. The van der Waals surface area contributed by atoms with E-state index in [4.69, 9.17) is 4.74 Å². The standard InChI is InChI=1S/C25H27F6N3O3/c26-21-11-17(23(36)34-10-7-18(35)13-34)1-3-20(21)22-4-2-19(12-32-22)37-14-16-5-8-33(9-6-16)15-24(27,28)25(29,30)31/h1-4,11-12,16,18,35H,5-10,13-15H2/t18-/m1/s1. The molecular formula is C25H27F6N3O3. The van der Waals surface area contributed by atoms with E-state index in [1.54, 1.807) is 12.1 Å². The van der Waals surface area contributed by atoms with Gasteiger partial charge in [0.1, 0.15) is 11.6 Å². The number of aliphatic hydroxyl groups is 1. The van der Waals surface area contributed by atoms with Crippen LogP contribution in [0.4, 0.5) is 26.3 Å². The molecule has 0 spiro atoms. The molecule has 2 aliphatic rings. The van der Waals surface area contributed by atoms with Crippen molar-refractivity contribution in [2.24, 2.45) is 5.92 Å². The van der Waals surface area contributed by atoms with Crippen LogP contribution in [-0.2, 0) is 0 Å². The second-order valence-corrected chi connectivity index (χ2v) is 9.50. The summed E-state index contributed by atoms with van der Waals surface area (Å²) in [6, 6.07) is 7.28. The topological polar surface area (TPSA) is 65.9 Å². The van der Waals surface area contributed by atoms with Crippen LogP contribution in [0, 0.1) is 11.7 Å². The normalized spacial score (nSPS) is 19.9. The minimum Gasteiger partial charge on any atom is -0.492 e. The summed E-state index contributed by atoms with van der Waals surface area (Å²) in [5.74, 6) is -5.30. The number of hydrogen-bond acceptors (Lipinski definition) is 5. The van der Waals surface area contributed by atoms with Gasteiger partial charge < -0.3 is 14.7 Å². The Morgan fingerprint density at radius 2 is 1.78 bits per heavy atom. The van der Waals surface area contributed by atoms with Crippen molar-refractivity contribution >= 4 is 5.91 Å². The Morgan fingerprint density at radius 1 is 1.05 bits per heavy atom. The first-order valence-corrected chi connectivity index (χ1v) is 12.0. The number of hydrogen-bond donors (Lipinski definition) is 1. The van der Waals surface area contributed by atoms with E-state index in [9.17, 15) is 36.2 Å². The summed E-state index contributed by atoms with van der Waals surface area (Å²) in [6.07, 6.45) is -3.38. The molecule has 0 bridgehead atoms. The van der Waals surface area contributed by atoms with Crippen molar-refractivity contribution in [1.82, 2.24) is 14.8 Å². The van der Waals surface area contributed by atoms with Gasteiger partial charge in [-0.15, -0.1) is 0 Å². The van der Waals surface area contributed by atoms with Crippen molar-refractivity contribution < 1.29 is 41.0 Å². The lowest BCUT2D eigenvalue weighted by molar-refractivity contribution is -0.287. The Kier molecular flexibility index (Phi) is 7.98. The number of aliphatic hydroxyl groups excluding tert-OH is 1. The number of rotatable bonds is 7. The predicted molar refractivity (Wildman–Crippen MR) is 122 cm³/mol. The summed E-state index contributed by atoms with van der Waals surface area (Å²) >= 11 is 0. The molecule has 0 unspecified atom stereocenters. The molecule has 1 aromatic carbocycles. The van der Waals surface area contributed by atoms with Gasteiger partial charge in [-0.25, -0.2) is 4.39 Å². The Morgan fingerprint density at radius 3 is 2.35 bits per heavy atom. The molecule has 1 N–H and O–H groups in total. The number of benzene rings is 1. The highest BCUT2D eigenvalue weighted by atomic mass is 19.4. The second kappa shape index (κ2) is 10.9. The number of β-amino-alcohol motifs (C(OH)–C–C–N with tert-alkyl or cyclic N) is 1. The van der Waals surface area contributed by atoms with E-state index < -0.39 is 30.6 Å². The van der Waals surface area contributed by atoms with Crippen LogP contribution in [0.15, 0.2) is 36.5 Å². The smallest absolute Gasteiger partial charge is 0.454 e. The first kappa shape index (κ1) is 27.2. The van der Waals surface area contributed by atoms with Gasteiger partial charge in [0.05, 0.1) is 31.1 Å². The number of amides is 1. The number of aromatic nitrogens is 1. The van der Waals surface area contributed by atoms with Crippen LogP contribution >= 0.6 is 0 Å². The van der Waals surface area contributed by atoms with Crippen molar-refractivity contribution in [2.45, 2.75) is 37.5 Å². The quantitative estimate of drug-likeness (QED) is 0.538. The lowest BCUT2D eigenvalue weighted by atomic mass is 9.97. The number of carbonyl (C=O) groups excluding carboxylic acids is 1. The molecule has 12 heteroatoms. The van der Waals surface area contributed by atoms with Crippen LogP contribution in [0.2, 0.25) is 0 Å². The summed E-state index contributed by atoms with van der Waals surface area (Å²) in [5.41, 5.74) is 0.718. The monoisotopic (exact) mass is 531 g/mol. The van der Waals surface area contributed by atoms with Crippen molar-refractivity contribution in [2.75, 3.05) is 39.3 Å². The fourth-order valence-corrected chi connectivity index (χ4v) is 4.49. The highest BCUT2D eigenvalue weighted by Gasteiger charge is 2.58. The molecule has 4 rings (SSSR count). The van der Waals surface area contributed by atoms with Gasteiger partial charge in [0.15, 0.2) is 0 Å². The number of pyridine rings is 1. The van der Waals surface area contributed by atoms with Gasteiger partial charge in [-0.3, -0.25) is 14.7 Å². The molecule has 2 aromatic rings. The van der Waals surface area contributed by atoms with Crippen LogP contribution in [0.5, 0.6) is 5.75 Å². The van der Waals surface area contributed by atoms with Gasteiger partial charge >= 0.3 is 12.1 Å². The maximum Gasteiger partial charge on any atom is 0.454 e. The lowest BCUT2D eigenvalue weighted by Crippen LogP contribution is -2.49. The summed E-state index contributed by atoms with van der Waals surface area (Å²) in [7, 11) is 0. The van der Waals surface area contributed by atoms with Gasteiger partial charge in [0.2, 0.25) is 0 Å². The molecule has 2 aliphatic heterocycles. The van der Waals surface area contributed by atoms with Gasteiger partial charge in [0, 0.05) is 24.2 Å². The van der Waals surface area contributed by atoms with E-state index in [0.29, 0.717) is 37.3 Å². The van der Waals surface area contributed by atoms with Crippen LogP contribution < -0.4 is 4.74 Å². The minimum absolute atomic E-state index is 0.00492. The summed E-state index contributed by atoms with van der Waals surface area (Å²) in [5, 5.41) is 9.60. The molecule has 1 aromatic heterocycles. The van der Waals surface area contributed by atoms with Crippen molar-refractivity contribution in [1.29, 1.82) is 0 Å². The third-order valence-electron chi connectivity index (χ3n) is 6.71. The molecule has 1 amide bonds. The largest absolute Gasteiger partial charge is 0.492 e. The van der Waals surface area contributed by atoms with Crippen molar-refractivity contribution in [3.8, 4) is 17.0 Å². The molecule has 2 fully saturated rings. The highest BCUT2D eigenvalue weighted by molar-refractivity contribution is 5.95. The van der Waals surface area contributed by atoms with E-state index in [1.807, 2.05) is 0 Å². The second-order valence-electron chi connectivity index (χ2n) is 9.50. The van der Waals surface area contributed by atoms with E-state index in [2.05, 4.69) is 4.98 Å². The van der Waals surface area contributed by atoms with Gasteiger partial charge in [-0.05, 0) is 68.6 Å². The number of ether oxygens (including phenoxy) is 1. The SMILES string of the molecule is O=C(c1ccc(-c2ccc(OCC3CCN(CC(F)(F)C(F)(F)F)CC3)cn2)c(F)c1)N1CC[C@@H](O)C1. The first-order valence-electron chi connectivity index (χ1n) is 12.0. The lowest BCUT2D eigenvalue weighted by Gasteiger charge is -2.34. The number of likely N-dealkylation sites (tertiary alicyclic amines) is 2. The maximum atomic E-state index is 14.7. The number of nitrogens with zero attached hydrogens (tertiary/aromatic N) is 3. The molecule has 6 nitrogen and oxygen atoms in total. The van der Waals surface area contributed by atoms with E-state index in [-0.39, 0.29) is 49.2 Å². The van der Waals surface area contributed by atoms with E-state index in [0.717, 1.165) is 11.0 Å². The average Bonchev–Trinajstić information content (AvgIpc) is 3.29. The molecule has 202 valence electrons. The Labute approximate surface area is 209 Å². The van der Waals surface area contributed by atoms with Crippen molar-refractivity contribution in [3.63, 3.8) is 0 Å².